The minimum Gasteiger partial charge on any atom is -0.444 e. The van der Waals surface area contributed by atoms with Crippen LogP contribution in [0, 0.1) is 0 Å². The number of hydrogen-bond donors (Lipinski definition) is 0. The van der Waals surface area contributed by atoms with E-state index in [1.54, 1.807) is 7.11 Å². The molecule has 0 bridgehead atoms. The molecule has 1 unspecified atom stereocenters. The van der Waals surface area contributed by atoms with Crippen LogP contribution in [0.4, 0.5) is 4.79 Å². The number of methoxy groups -OCH3 is 1. The molecule has 1 atom stereocenters. The van der Waals surface area contributed by atoms with E-state index in [1.165, 1.54) is 0 Å². The van der Waals surface area contributed by atoms with Crippen LogP contribution in [0.2, 0.25) is 0 Å². The lowest BCUT2D eigenvalue weighted by Crippen LogP contribution is -2.57. The molecule has 2 amide bonds. The molecule has 1 spiro atoms. The summed E-state index contributed by atoms with van der Waals surface area (Å²) in [4.78, 5) is 36.6. The van der Waals surface area contributed by atoms with E-state index in [4.69, 9.17) is 14.5 Å². The Kier molecular flexibility index (Phi) is 7.07. The Balaban J connectivity index is 1.57. The van der Waals surface area contributed by atoms with Crippen LogP contribution in [-0.2, 0) is 14.3 Å². The van der Waals surface area contributed by atoms with Crippen molar-refractivity contribution in [2.24, 2.45) is 4.99 Å². The molecular formula is C22H38N4O4. The highest BCUT2D eigenvalue weighted by molar-refractivity contribution is 6.07. The van der Waals surface area contributed by atoms with Crippen molar-refractivity contribution < 1.29 is 19.1 Å². The van der Waals surface area contributed by atoms with Crippen molar-refractivity contribution in [3.63, 3.8) is 0 Å². The molecule has 2 saturated heterocycles. The van der Waals surface area contributed by atoms with Crippen molar-refractivity contribution in [3.8, 4) is 0 Å². The average Bonchev–Trinajstić information content (AvgIpc) is 2.90. The highest BCUT2D eigenvalue weighted by Crippen LogP contribution is 2.34. The van der Waals surface area contributed by atoms with Crippen molar-refractivity contribution in [2.45, 2.75) is 77.0 Å². The maximum absolute atomic E-state index is 13.3. The summed E-state index contributed by atoms with van der Waals surface area (Å²) in [5.74, 6) is 0.977. The summed E-state index contributed by atoms with van der Waals surface area (Å²) in [6.07, 6.45) is 4.19. The molecule has 0 saturated carbocycles. The zero-order valence-electron chi connectivity index (χ0n) is 19.3. The van der Waals surface area contributed by atoms with Crippen molar-refractivity contribution in [1.82, 2.24) is 14.7 Å². The van der Waals surface area contributed by atoms with Crippen LogP contribution in [-0.4, -0.2) is 96.2 Å². The van der Waals surface area contributed by atoms with Gasteiger partial charge in [0.2, 0.25) is 0 Å². The lowest BCUT2D eigenvalue weighted by molar-refractivity contribution is -0.133. The molecule has 3 aliphatic rings. The Labute approximate surface area is 180 Å². The summed E-state index contributed by atoms with van der Waals surface area (Å²) in [6.45, 7) is 12.0. The van der Waals surface area contributed by atoms with E-state index in [0.717, 1.165) is 44.5 Å². The molecule has 0 aromatic rings. The van der Waals surface area contributed by atoms with Gasteiger partial charge in [0.25, 0.3) is 5.91 Å². The first kappa shape index (κ1) is 23.0. The second kappa shape index (κ2) is 9.22. The Morgan fingerprint density at radius 1 is 1.23 bits per heavy atom. The Morgan fingerprint density at radius 2 is 1.93 bits per heavy atom. The number of aliphatic imine (C=N–C) groups is 1. The second-order valence-electron chi connectivity index (χ2n) is 9.77. The van der Waals surface area contributed by atoms with E-state index in [2.05, 4.69) is 4.90 Å². The van der Waals surface area contributed by atoms with Crippen LogP contribution in [0.25, 0.3) is 0 Å². The van der Waals surface area contributed by atoms with Gasteiger partial charge in [-0.3, -0.25) is 19.6 Å². The van der Waals surface area contributed by atoms with E-state index >= 15 is 0 Å². The molecule has 0 N–H and O–H groups in total. The van der Waals surface area contributed by atoms with Crippen LogP contribution in [0.5, 0.6) is 0 Å². The Hall–Kier alpha value is -1.67. The highest BCUT2D eigenvalue weighted by atomic mass is 16.6. The predicted molar refractivity (Wildman–Crippen MR) is 116 cm³/mol. The number of likely N-dealkylation sites (tertiary alicyclic amines) is 2. The van der Waals surface area contributed by atoms with E-state index in [9.17, 15) is 9.59 Å². The number of carbonyl (C=O) groups excluding carboxylic acids is 2. The van der Waals surface area contributed by atoms with Gasteiger partial charge in [-0.15, -0.1) is 0 Å². The number of nitrogens with zero attached hydrogens (tertiary/aromatic N) is 4. The van der Waals surface area contributed by atoms with Crippen molar-refractivity contribution >= 4 is 17.8 Å². The van der Waals surface area contributed by atoms with Crippen molar-refractivity contribution in [3.05, 3.63) is 0 Å². The van der Waals surface area contributed by atoms with Gasteiger partial charge in [0.05, 0.1) is 0 Å². The third-order valence-corrected chi connectivity index (χ3v) is 6.27. The fraction of sp³-hybridized carbons (Fsp3) is 0.864. The van der Waals surface area contributed by atoms with Crippen LogP contribution in [0.3, 0.4) is 0 Å². The number of piperidine rings is 2. The first-order chi connectivity index (χ1) is 14.1. The molecule has 8 heteroatoms. The molecule has 2 fully saturated rings. The Morgan fingerprint density at radius 3 is 2.57 bits per heavy atom. The first-order valence-electron chi connectivity index (χ1n) is 11.2. The summed E-state index contributed by atoms with van der Waals surface area (Å²) in [5.41, 5.74) is -1.10. The van der Waals surface area contributed by atoms with Crippen LogP contribution in [0.15, 0.2) is 4.99 Å². The SMILES string of the molecule is COCCCN1C(=O)C2(CCCN(C3CCN(C(=O)OC(C)(C)C)CC3)C2)N=C1C. The number of ether oxygens (including phenoxy) is 2. The molecule has 0 aromatic heterocycles. The highest BCUT2D eigenvalue weighted by Gasteiger charge is 2.50. The fourth-order valence-electron chi connectivity index (χ4n) is 4.83. The number of rotatable bonds is 5. The molecule has 3 heterocycles. The zero-order chi connectivity index (χ0) is 21.9. The molecule has 0 aromatic carbocycles. The lowest BCUT2D eigenvalue weighted by Gasteiger charge is -2.44. The maximum Gasteiger partial charge on any atom is 0.410 e. The lowest BCUT2D eigenvalue weighted by atomic mass is 9.87. The minimum atomic E-state index is -0.627. The number of carbonyl (C=O) groups is 2. The standard InChI is InChI=1S/C22H38N4O4/c1-17-23-22(19(27)26(17)12-7-15-29-5)10-6-11-25(16-22)18-8-13-24(14-9-18)20(28)30-21(2,3)4/h18H,6-16H2,1-5H3. The number of amidine groups is 1. The fourth-order valence-corrected chi connectivity index (χ4v) is 4.83. The van der Waals surface area contributed by atoms with Gasteiger partial charge < -0.3 is 14.4 Å². The van der Waals surface area contributed by atoms with Crippen molar-refractivity contribution in [2.75, 3.05) is 46.4 Å². The van der Waals surface area contributed by atoms with Gasteiger partial charge in [-0.25, -0.2) is 4.79 Å². The number of amides is 2. The second-order valence-corrected chi connectivity index (χ2v) is 9.77. The zero-order valence-corrected chi connectivity index (χ0v) is 19.3. The van der Waals surface area contributed by atoms with Gasteiger partial charge in [-0.2, -0.15) is 0 Å². The normalized spacial score (nSPS) is 26.4. The van der Waals surface area contributed by atoms with Crippen LogP contribution >= 0.6 is 0 Å². The van der Waals surface area contributed by atoms with Gasteiger partial charge in [0, 0.05) is 45.9 Å². The van der Waals surface area contributed by atoms with Gasteiger partial charge >= 0.3 is 6.09 Å². The van der Waals surface area contributed by atoms with Gasteiger partial charge in [0.1, 0.15) is 11.4 Å². The van der Waals surface area contributed by atoms with Crippen LogP contribution < -0.4 is 0 Å². The van der Waals surface area contributed by atoms with Gasteiger partial charge in [-0.05, 0) is 66.3 Å². The first-order valence-corrected chi connectivity index (χ1v) is 11.2. The summed E-state index contributed by atoms with van der Waals surface area (Å²) in [6, 6.07) is 0.381. The Bertz CT molecular complexity index is 667. The topological polar surface area (TPSA) is 74.7 Å². The third kappa shape index (κ3) is 5.14. The molecular weight excluding hydrogens is 384 g/mol. The molecule has 3 rings (SSSR count). The molecule has 30 heavy (non-hydrogen) atoms. The average molecular weight is 423 g/mol. The van der Waals surface area contributed by atoms with E-state index in [0.29, 0.717) is 38.8 Å². The molecule has 8 nitrogen and oxygen atoms in total. The minimum absolute atomic E-state index is 0.145. The van der Waals surface area contributed by atoms with E-state index in [-0.39, 0.29) is 12.0 Å². The monoisotopic (exact) mass is 422 g/mol. The predicted octanol–water partition coefficient (Wildman–Crippen LogP) is 2.52. The van der Waals surface area contributed by atoms with E-state index < -0.39 is 11.1 Å². The molecule has 0 radical (unpaired) electrons. The largest absolute Gasteiger partial charge is 0.444 e. The van der Waals surface area contributed by atoms with Crippen LogP contribution in [0.1, 0.15) is 59.8 Å². The van der Waals surface area contributed by atoms with Gasteiger partial charge in [0.15, 0.2) is 5.54 Å². The summed E-state index contributed by atoms with van der Waals surface area (Å²) < 4.78 is 10.6. The van der Waals surface area contributed by atoms with Crippen molar-refractivity contribution in [1.29, 1.82) is 0 Å². The van der Waals surface area contributed by atoms with E-state index in [1.807, 2.05) is 37.5 Å². The maximum atomic E-state index is 13.3. The summed E-state index contributed by atoms with van der Waals surface area (Å²) >= 11 is 0. The number of hydrogen-bond acceptors (Lipinski definition) is 6. The molecule has 170 valence electrons. The summed E-state index contributed by atoms with van der Waals surface area (Å²) in [7, 11) is 1.68. The smallest absolute Gasteiger partial charge is 0.410 e. The third-order valence-electron chi connectivity index (χ3n) is 6.27. The summed E-state index contributed by atoms with van der Waals surface area (Å²) in [5, 5.41) is 0. The molecule has 0 aliphatic carbocycles. The van der Waals surface area contributed by atoms with Gasteiger partial charge in [-0.1, -0.05) is 0 Å². The molecule has 3 aliphatic heterocycles. The quantitative estimate of drug-likeness (QED) is 0.637.